The van der Waals surface area contributed by atoms with E-state index in [0.29, 0.717) is 6.61 Å². The average Bonchev–Trinajstić information content (AvgIpc) is 2.68. The molecule has 2 aromatic carbocycles. The van der Waals surface area contributed by atoms with Crippen molar-refractivity contribution >= 4 is 24.0 Å². The fraction of sp³-hybridized carbons (Fsp3) is 0.435. The highest BCUT2D eigenvalue weighted by molar-refractivity contribution is 5.85. The molecule has 5 heteroatoms. The number of nitrogens with one attached hydrogen (secondary N) is 1. The fourth-order valence-corrected chi connectivity index (χ4v) is 4.40. The highest BCUT2D eigenvalue weighted by atomic mass is 35.5. The van der Waals surface area contributed by atoms with Crippen molar-refractivity contribution < 1.29 is 9.53 Å². The Kier molecular flexibility index (Phi) is 6.63. The van der Waals surface area contributed by atoms with Crippen molar-refractivity contribution in [3.63, 3.8) is 0 Å². The third kappa shape index (κ3) is 4.34. The van der Waals surface area contributed by atoms with Crippen LogP contribution in [-0.4, -0.2) is 12.5 Å². The Morgan fingerprint density at radius 2 is 1.89 bits per heavy atom. The molecule has 2 aromatic rings. The number of hydrogen-bond donors (Lipinski definition) is 2. The van der Waals surface area contributed by atoms with Crippen LogP contribution in [0.4, 0.5) is 5.69 Å². The van der Waals surface area contributed by atoms with Gasteiger partial charge in [0.15, 0.2) is 0 Å². The van der Waals surface area contributed by atoms with Gasteiger partial charge in [-0.2, -0.15) is 0 Å². The number of aryl methyl sites for hydroxylation is 2. The Bertz CT molecular complexity index is 822. The minimum atomic E-state index is -0.158. The second kappa shape index (κ2) is 8.97. The molecule has 4 nitrogen and oxygen atoms in total. The van der Waals surface area contributed by atoms with E-state index in [4.69, 9.17) is 10.5 Å². The van der Waals surface area contributed by atoms with Crippen molar-refractivity contribution in [2.45, 2.75) is 51.2 Å². The van der Waals surface area contributed by atoms with Gasteiger partial charge in [-0.25, -0.2) is 0 Å². The maximum absolute atomic E-state index is 13.2. The van der Waals surface area contributed by atoms with Crippen molar-refractivity contribution in [3.05, 3.63) is 64.7 Å². The van der Waals surface area contributed by atoms with Crippen LogP contribution in [0.1, 0.15) is 60.1 Å². The van der Waals surface area contributed by atoms with Gasteiger partial charge < -0.3 is 15.8 Å². The lowest BCUT2D eigenvalue weighted by Gasteiger charge is -2.34. The lowest BCUT2D eigenvalue weighted by molar-refractivity contribution is -0.135. The molecule has 0 bridgehead atoms. The zero-order valence-electron chi connectivity index (χ0n) is 16.3. The molecule has 4 rings (SSSR count). The van der Waals surface area contributed by atoms with Crippen LogP contribution in [0, 0.1) is 12.8 Å². The quantitative estimate of drug-likeness (QED) is 0.736. The van der Waals surface area contributed by atoms with E-state index in [-0.39, 0.29) is 36.4 Å². The first-order valence-corrected chi connectivity index (χ1v) is 9.98. The number of carbonyl (C=O) groups excluding carboxylic acids is 1. The Labute approximate surface area is 173 Å². The number of nitrogen functional groups attached to an aromatic ring is 1. The van der Waals surface area contributed by atoms with E-state index < -0.39 is 0 Å². The van der Waals surface area contributed by atoms with E-state index in [1.807, 2.05) is 12.1 Å². The van der Waals surface area contributed by atoms with Gasteiger partial charge in [-0.05, 0) is 67.9 Å². The van der Waals surface area contributed by atoms with Crippen molar-refractivity contribution in [2.75, 3.05) is 12.3 Å². The number of benzene rings is 2. The fourth-order valence-electron chi connectivity index (χ4n) is 4.40. The Morgan fingerprint density at radius 3 is 2.68 bits per heavy atom. The number of rotatable bonds is 3. The first-order valence-electron chi connectivity index (χ1n) is 9.98. The number of nitrogens with two attached hydrogens (primary N) is 1. The molecule has 1 aliphatic carbocycles. The van der Waals surface area contributed by atoms with Gasteiger partial charge in [0.2, 0.25) is 5.91 Å². The normalized spacial score (nSPS) is 24.0. The van der Waals surface area contributed by atoms with Crippen LogP contribution < -0.4 is 11.1 Å². The number of hydrogen-bond acceptors (Lipinski definition) is 3. The number of anilines is 1. The van der Waals surface area contributed by atoms with Gasteiger partial charge in [0.05, 0.1) is 18.1 Å². The first kappa shape index (κ1) is 20.7. The summed E-state index contributed by atoms with van der Waals surface area (Å²) in [6.45, 7) is 2.79. The maximum atomic E-state index is 13.2. The summed E-state index contributed by atoms with van der Waals surface area (Å²) in [6, 6.07) is 14.5. The molecule has 1 saturated heterocycles. The number of ether oxygens (including phenoxy) is 1. The van der Waals surface area contributed by atoms with Gasteiger partial charge in [0.25, 0.3) is 0 Å². The van der Waals surface area contributed by atoms with Gasteiger partial charge in [-0.1, -0.05) is 35.9 Å². The van der Waals surface area contributed by atoms with E-state index >= 15 is 0 Å². The van der Waals surface area contributed by atoms with Crippen molar-refractivity contribution in [3.8, 4) is 0 Å². The Morgan fingerprint density at radius 1 is 1.11 bits per heavy atom. The topological polar surface area (TPSA) is 64.3 Å². The molecule has 3 unspecified atom stereocenters. The van der Waals surface area contributed by atoms with Crippen LogP contribution >= 0.6 is 12.4 Å². The molecule has 3 atom stereocenters. The summed E-state index contributed by atoms with van der Waals surface area (Å²) in [5.41, 5.74) is 11.5. The number of amides is 1. The molecule has 28 heavy (non-hydrogen) atoms. The van der Waals surface area contributed by atoms with Gasteiger partial charge in [0, 0.05) is 12.3 Å². The molecule has 2 aliphatic rings. The lowest BCUT2D eigenvalue weighted by atomic mass is 9.85. The van der Waals surface area contributed by atoms with E-state index in [2.05, 4.69) is 42.6 Å². The molecule has 3 N–H and O–H groups in total. The summed E-state index contributed by atoms with van der Waals surface area (Å²) >= 11 is 0. The minimum absolute atomic E-state index is 0. The molecule has 1 aliphatic heterocycles. The van der Waals surface area contributed by atoms with Crippen LogP contribution in [0.25, 0.3) is 0 Å². The molecule has 0 spiro atoms. The van der Waals surface area contributed by atoms with Gasteiger partial charge >= 0.3 is 0 Å². The van der Waals surface area contributed by atoms with Crippen molar-refractivity contribution in [2.24, 2.45) is 5.92 Å². The van der Waals surface area contributed by atoms with E-state index in [1.165, 1.54) is 16.7 Å². The van der Waals surface area contributed by atoms with Crippen molar-refractivity contribution in [1.82, 2.24) is 5.32 Å². The van der Waals surface area contributed by atoms with Crippen molar-refractivity contribution in [1.29, 1.82) is 0 Å². The highest BCUT2D eigenvalue weighted by Gasteiger charge is 2.34. The second-order valence-electron chi connectivity index (χ2n) is 7.86. The average molecular weight is 401 g/mol. The molecule has 0 aromatic heterocycles. The minimum Gasteiger partial charge on any atom is -0.399 e. The molecular formula is C23H29ClN2O2. The molecule has 1 amide bonds. The highest BCUT2D eigenvalue weighted by Crippen LogP contribution is 2.36. The molecular weight excluding hydrogens is 372 g/mol. The van der Waals surface area contributed by atoms with Crippen LogP contribution in [0.5, 0.6) is 0 Å². The van der Waals surface area contributed by atoms with E-state index in [1.54, 1.807) is 0 Å². The Hall–Kier alpha value is -2.04. The maximum Gasteiger partial charge on any atom is 0.226 e. The molecule has 1 fully saturated rings. The summed E-state index contributed by atoms with van der Waals surface area (Å²) < 4.78 is 6.03. The van der Waals surface area contributed by atoms with Crippen LogP contribution in [0.3, 0.4) is 0 Å². The summed E-state index contributed by atoms with van der Waals surface area (Å²) in [7, 11) is 0. The van der Waals surface area contributed by atoms with Crippen LogP contribution in [0.15, 0.2) is 42.5 Å². The Balaban J connectivity index is 0.00000225. The van der Waals surface area contributed by atoms with E-state index in [0.717, 1.165) is 43.4 Å². The SMILES string of the molecule is Cc1ccc(C2OCCCC2C(=O)NC2CCCc3cc(N)ccc32)cc1.Cl. The summed E-state index contributed by atoms with van der Waals surface area (Å²) in [5.74, 6) is -0.0319. The summed E-state index contributed by atoms with van der Waals surface area (Å²) in [5, 5.41) is 3.32. The number of halogens is 1. The number of carbonyl (C=O) groups is 1. The molecule has 0 saturated carbocycles. The predicted molar refractivity (Wildman–Crippen MR) is 115 cm³/mol. The number of fused-ring (bicyclic) bond motifs is 1. The lowest BCUT2D eigenvalue weighted by Crippen LogP contribution is -2.40. The van der Waals surface area contributed by atoms with Gasteiger partial charge in [-0.3, -0.25) is 4.79 Å². The molecule has 0 radical (unpaired) electrons. The standard InChI is InChI=1S/C23H28N2O2.ClH/c1-15-7-9-16(10-8-15)22-20(5-3-13-27-22)23(26)25-21-6-2-4-17-14-18(24)11-12-19(17)21;/h7-12,14,20-22H,2-6,13,24H2,1H3,(H,25,26);1H. The third-order valence-corrected chi connectivity index (χ3v) is 5.86. The van der Waals surface area contributed by atoms with Gasteiger partial charge in [-0.15, -0.1) is 12.4 Å². The van der Waals surface area contributed by atoms with Crippen LogP contribution in [-0.2, 0) is 16.0 Å². The first-order chi connectivity index (χ1) is 13.1. The second-order valence-corrected chi connectivity index (χ2v) is 7.86. The monoisotopic (exact) mass is 400 g/mol. The van der Waals surface area contributed by atoms with Crippen LogP contribution in [0.2, 0.25) is 0 Å². The largest absolute Gasteiger partial charge is 0.399 e. The smallest absolute Gasteiger partial charge is 0.226 e. The molecule has 1 heterocycles. The molecule has 150 valence electrons. The zero-order valence-corrected chi connectivity index (χ0v) is 17.1. The third-order valence-electron chi connectivity index (χ3n) is 5.86. The predicted octanol–water partition coefficient (Wildman–Crippen LogP) is 4.66. The van der Waals surface area contributed by atoms with Gasteiger partial charge in [0.1, 0.15) is 0 Å². The summed E-state index contributed by atoms with van der Waals surface area (Å²) in [6.07, 6.45) is 4.72. The van der Waals surface area contributed by atoms with E-state index in [9.17, 15) is 4.79 Å². The zero-order chi connectivity index (χ0) is 18.8. The summed E-state index contributed by atoms with van der Waals surface area (Å²) in [4.78, 5) is 13.2.